The van der Waals surface area contributed by atoms with E-state index in [4.69, 9.17) is 4.74 Å². The van der Waals surface area contributed by atoms with Gasteiger partial charge in [0, 0.05) is 18.9 Å². The third-order valence-electron chi connectivity index (χ3n) is 2.36. The summed E-state index contributed by atoms with van der Waals surface area (Å²) in [5.74, 6) is -0.350. The van der Waals surface area contributed by atoms with E-state index < -0.39 is 0 Å². The van der Waals surface area contributed by atoms with Crippen LogP contribution in [0, 0.1) is 0 Å². The fourth-order valence-corrected chi connectivity index (χ4v) is 1.44. The second kappa shape index (κ2) is 10.7. The number of ether oxygens (including phenoxy) is 1. The van der Waals surface area contributed by atoms with Gasteiger partial charge in [-0.15, -0.1) is 11.8 Å². The monoisotopic (exact) mass is 284 g/mol. The molecule has 0 saturated carbocycles. The third kappa shape index (κ3) is 7.06. The predicted molar refractivity (Wildman–Crippen MR) is 83.4 cm³/mol. The first-order chi connectivity index (χ1) is 9.10. The Morgan fingerprint density at radius 1 is 1.42 bits per heavy atom. The standard InChI is InChI=1S/C14H24N2O2S/c1-6-8-9-13(15-4)12(14(17)18-7-2)10-16-11(3)19-5/h9-10,15H,6-8H2,1-5H3/b12-10+,13-9-,16-11?. The minimum Gasteiger partial charge on any atom is -0.462 e. The number of thioether (sulfide) groups is 1. The molecular weight excluding hydrogens is 260 g/mol. The number of rotatable bonds is 7. The van der Waals surface area contributed by atoms with Crippen LogP contribution in [0.5, 0.6) is 0 Å². The largest absolute Gasteiger partial charge is 0.462 e. The van der Waals surface area contributed by atoms with Crippen molar-refractivity contribution in [1.29, 1.82) is 0 Å². The van der Waals surface area contributed by atoms with Gasteiger partial charge in [-0.3, -0.25) is 4.99 Å². The molecule has 0 aliphatic heterocycles. The van der Waals surface area contributed by atoms with E-state index in [9.17, 15) is 4.79 Å². The molecule has 4 nitrogen and oxygen atoms in total. The smallest absolute Gasteiger partial charge is 0.341 e. The first-order valence-electron chi connectivity index (χ1n) is 6.44. The quantitative estimate of drug-likeness (QED) is 0.256. The molecule has 0 aliphatic rings. The Hall–Kier alpha value is -1.23. The number of carbonyl (C=O) groups excluding carboxylic acids is 1. The molecule has 0 aromatic carbocycles. The van der Waals surface area contributed by atoms with Crippen molar-refractivity contribution >= 4 is 22.8 Å². The van der Waals surface area contributed by atoms with Crippen LogP contribution < -0.4 is 5.32 Å². The number of carbonyl (C=O) groups is 1. The summed E-state index contributed by atoms with van der Waals surface area (Å²) in [5.41, 5.74) is 1.23. The highest BCUT2D eigenvalue weighted by atomic mass is 32.2. The molecule has 0 amide bonds. The maximum atomic E-state index is 12.0. The zero-order valence-corrected chi connectivity index (χ0v) is 13.3. The molecule has 0 atom stereocenters. The van der Waals surface area contributed by atoms with E-state index in [0.717, 1.165) is 23.6 Å². The number of hydrogen-bond acceptors (Lipinski definition) is 5. The Labute approximate surface area is 120 Å². The maximum absolute atomic E-state index is 12.0. The van der Waals surface area contributed by atoms with Crippen LogP contribution in [0.2, 0.25) is 0 Å². The summed E-state index contributed by atoms with van der Waals surface area (Å²) in [6.07, 6.45) is 7.43. The molecule has 0 aliphatic carbocycles. The van der Waals surface area contributed by atoms with Crippen LogP contribution in [0.4, 0.5) is 0 Å². The van der Waals surface area contributed by atoms with Crippen molar-refractivity contribution < 1.29 is 9.53 Å². The van der Waals surface area contributed by atoms with Gasteiger partial charge >= 0.3 is 5.97 Å². The summed E-state index contributed by atoms with van der Waals surface area (Å²) in [6, 6.07) is 0. The van der Waals surface area contributed by atoms with E-state index in [-0.39, 0.29) is 5.97 Å². The summed E-state index contributed by atoms with van der Waals surface area (Å²) < 4.78 is 5.07. The fraction of sp³-hybridized carbons (Fsp3) is 0.571. The van der Waals surface area contributed by atoms with E-state index in [1.807, 2.05) is 19.3 Å². The number of aliphatic imine (C=N–C) groups is 1. The molecule has 0 bridgehead atoms. The van der Waals surface area contributed by atoms with Gasteiger partial charge in [-0.2, -0.15) is 0 Å². The van der Waals surface area contributed by atoms with Crippen molar-refractivity contribution in [2.24, 2.45) is 4.99 Å². The lowest BCUT2D eigenvalue weighted by Crippen LogP contribution is -2.17. The van der Waals surface area contributed by atoms with Crippen molar-refractivity contribution in [1.82, 2.24) is 5.32 Å². The first kappa shape index (κ1) is 17.8. The molecule has 0 spiro atoms. The van der Waals surface area contributed by atoms with Gasteiger partial charge in [0.05, 0.1) is 11.7 Å². The number of unbranched alkanes of at least 4 members (excludes halogenated alkanes) is 1. The molecule has 0 unspecified atom stereocenters. The average Bonchev–Trinajstić information content (AvgIpc) is 2.42. The zero-order chi connectivity index (χ0) is 14.7. The molecule has 0 aromatic heterocycles. The van der Waals surface area contributed by atoms with Crippen LogP contribution >= 0.6 is 11.8 Å². The number of nitrogens with one attached hydrogen (secondary N) is 1. The Kier molecular flexibility index (Phi) is 9.98. The van der Waals surface area contributed by atoms with E-state index in [1.165, 1.54) is 0 Å². The zero-order valence-electron chi connectivity index (χ0n) is 12.4. The van der Waals surface area contributed by atoms with E-state index in [2.05, 4.69) is 17.2 Å². The molecule has 1 N–H and O–H groups in total. The number of nitrogens with zero attached hydrogens (tertiary/aromatic N) is 1. The van der Waals surface area contributed by atoms with Crippen molar-refractivity contribution in [2.45, 2.75) is 33.6 Å². The highest BCUT2D eigenvalue weighted by Gasteiger charge is 2.14. The minimum atomic E-state index is -0.350. The van der Waals surface area contributed by atoms with Crippen molar-refractivity contribution in [3.8, 4) is 0 Å². The lowest BCUT2D eigenvalue weighted by atomic mass is 10.1. The molecule has 0 fully saturated rings. The number of hydrogen-bond donors (Lipinski definition) is 1. The second-order valence-electron chi connectivity index (χ2n) is 3.77. The van der Waals surface area contributed by atoms with Crippen LogP contribution in [-0.2, 0) is 9.53 Å². The Morgan fingerprint density at radius 2 is 2.11 bits per heavy atom. The van der Waals surface area contributed by atoms with Crippen molar-refractivity contribution in [2.75, 3.05) is 19.9 Å². The lowest BCUT2D eigenvalue weighted by Gasteiger charge is -2.10. The van der Waals surface area contributed by atoms with E-state index in [0.29, 0.717) is 12.2 Å². The molecule has 0 radical (unpaired) electrons. The van der Waals surface area contributed by atoms with E-state index >= 15 is 0 Å². The summed E-state index contributed by atoms with van der Waals surface area (Å²) in [6.45, 7) is 6.14. The Balaban J connectivity index is 5.30. The molecule has 0 saturated heterocycles. The maximum Gasteiger partial charge on any atom is 0.341 e. The van der Waals surface area contributed by atoms with Crippen molar-refractivity contribution in [3.05, 3.63) is 23.5 Å². The van der Waals surface area contributed by atoms with Gasteiger partial charge in [-0.25, -0.2) is 4.79 Å². The van der Waals surface area contributed by atoms with Crippen LogP contribution in [-0.4, -0.2) is 30.9 Å². The molecule has 0 aromatic rings. The van der Waals surface area contributed by atoms with Gasteiger partial charge in [0.15, 0.2) is 0 Å². The van der Waals surface area contributed by atoms with Crippen LogP contribution in [0.25, 0.3) is 0 Å². The first-order valence-corrected chi connectivity index (χ1v) is 7.67. The normalized spacial score (nSPS) is 13.4. The molecule has 5 heteroatoms. The lowest BCUT2D eigenvalue weighted by molar-refractivity contribution is -0.138. The highest BCUT2D eigenvalue weighted by Crippen LogP contribution is 2.12. The molecule has 0 heterocycles. The Bertz CT molecular complexity index is 374. The van der Waals surface area contributed by atoms with Crippen LogP contribution in [0.15, 0.2) is 28.5 Å². The predicted octanol–water partition coefficient (Wildman–Crippen LogP) is 3.12. The van der Waals surface area contributed by atoms with Gasteiger partial charge in [-0.05, 0) is 26.5 Å². The van der Waals surface area contributed by atoms with Crippen LogP contribution in [0.3, 0.4) is 0 Å². The summed E-state index contributed by atoms with van der Waals surface area (Å²) in [7, 11) is 1.79. The summed E-state index contributed by atoms with van der Waals surface area (Å²) >= 11 is 1.54. The van der Waals surface area contributed by atoms with Gasteiger partial charge < -0.3 is 10.1 Å². The second-order valence-corrected chi connectivity index (χ2v) is 4.77. The van der Waals surface area contributed by atoms with Crippen LogP contribution in [0.1, 0.15) is 33.6 Å². The molecular formula is C14H24N2O2S. The Morgan fingerprint density at radius 3 is 2.58 bits per heavy atom. The van der Waals surface area contributed by atoms with Gasteiger partial charge in [0.25, 0.3) is 0 Å². The molecule has 0 rings (SSSR count). The SMILES string of the molecule is CCC/C=C(NC)/C(=C\N=C(C)SC)C(=O)OCC. The van der Waals surface area contributed by atoms with Gasteiger partial charge in [0.1, 0.15) is 5.57 Å². The third-order valence-corrected chi connectivity index (χ3v) is 3.06. The topological polar surface area (TPSA) is 50.7 Å². The molecule has 19 heavy (non-hydrogen) atoms. The minimum absolute atomic E-state index is 0.350. The number of allylic oxidation sites excluding steroid dienone is 1. The molecule has 108 valence electrons. The van der Waals surface area contributed by atoms with Gasteiger partial charge in [0.2, 0.25) is 0 Å². The summed E-state index contributed by atoms with van der Waals surface area (Å²) in [4.78, 5) is 16.2. The van der Waals surface area contributed by atoms with Crippen molar-refractivity contribution in [3.63, 3.8) is 0 Å². The number of esters is 1. The highest BCUT2D eigenvalue weighted by molar-refractivity contribution is 8.13. The van der Waals surface area contributed by atoms with Gasteiger partial charge in [-0.1, -0.05) is 19.4 Å². The average molecular weight is 284 g/mol. The fourth-order valence-electron chi connectivity index (χ4n) is 1.28. The van der Waals surface area contributed by atoms with E-state index in [1.54, 1.807) is 31.9 Å². The number of likely N-dealkylation sites (N-methyl/N-ethyl adjacent to an activating group) is 1. The summed E-state index contributed by atoms with van der Waals surface area (Å²) in [5, 5.41) is 3.93.